The van der Waals surface area contributed by atoms with Gasteiger partial charge in [-0.1, -0.05) is 42.5 Å². The van der Waals surface area contributed by atoms with E-state index in [0.29, 0.717) is 22.4 Å². The van der Waals surface area contributed by atoms with Gasteiger partial charge in [0.25, 0.3) is 0 Å². The molecule has 0 fully saturated rings. The first-order chi connectivity index (χ1) is 9.25. The molecule has 0 saturated carbocycles. The number of esters is 1. The van der Waals surface area contributed by atoms with Crippen molar-refractivity contribution in [2.24, 2.45) is 0 Å². The van der Waals surface area contributed by atoms with Gasteiger partial charge in [0.15, 0.2) is 5.78 Å². The average molecular weight is 250 g/mol. The van der Waals surface area contributed by atoms with E-state index in [1.165, 1.54) is 6.08 Å². The van der Waals surface area contributed by atoms with E-state index in [2.05, 4.69) is 0 Å². The standard InChI is InChI=1S/C16H10O3/c17-14-10-15(13-9-5-4-8-12(13)14)19-16(18)11-6-2-1-3-7-11/h1-10H. The van der Waals surface area contributed by atoms with E-state index in [1.54, 1.807) is 42.5 Å². The Morgan fingerprint density at radius 2 is 1.47 bits per heavy atom. The predicted octanol–water partition coefficient (Wildman–Crippen LogP) is 3.08. The van der Waals surface area contributed by atoms with Gasteiger partial charge in [0.2, 0.25) is 0 Å². The molecule has 0 bridgehead atoms. The van der Waals surface area contributed by atoms with Crippen molar-refractivity contribution >= 4 is 17.5 Å². The van der Waals surface area contributed by atoms with Gasteiger partial charge in [-0.2, -0.15) is 0 Å². The lowest BCUT2D eigenvalue weighted by Gasteiger charge is -2.06. The Bertz CT molecular complexity index is 684. The van der Waals surface area contributed by atoms with Crippen LogP contribution in [0.15, 0.2) is 60.7 Å². The fourth-order valence-corrected chi connectivity index (χ4v) is 2.00. The van der Waals surface area contributed by atoms with Crippen molar-refractivity contribution in [1.82, 2.24) is 0 Å². The van der Waals surface area contributed by atoms with Crippen LogP contribution in [0.2, 0.25) is 0 Å². The molecule has 0 amide bonds. The van der Waals surface area contributed by atoms with Crippen LogP contribution in [-0.4, -0.2) is 11.8 Å². The molecule has 3 heteroatoms. The van der Waals surface area contributed by atoms with Gasteiger partial charge in [-0.05, 0) is 12.1 Å². The lowest BCUT2D eigenvalue weighted by atomic mass is 10.1. The molecule has 0 spiro atoms. The highest BCUT2D eigenvalue weighted by Gasteiger charge is 2.23. The maximum absolute atomic E-state index is 11.9. The highest BCUT2D eigenvalue weighted by Crippen LogP contribution is 2.28. The Hall–Kier alpha value is -2.68. The van der Waals surface area contributed by atoms with Crippen LogP contribution in [0.4, 0.5) is 0 Å². The van der Waals surface area contributed by atoms with Gasteiger partial charge in [-0.25, -0.2) is 4.79 Å². The van der Waals surface area contributed by atoms with Gasteiger partial charge in [0.1, 0.15) is 5.76 Å². The molecule has 92 valence electrons. The molecule has 2 aromatic carbocycles. The molecule has 0 radical (unpaired) electrons. The van der Waals surface area contributed by atoms with Gasteiger partial charge >= 0.3 is 5.97 Å². The Morgan fingerprint density at radius 1 is 0.842 bits per heavy atom. The molecule has 1 aliphatic rings. The van der Waals surface area contributed by atoms with Crippen LogP contribution in [0, 0.1) is 0 Å². The molecular weight excluding hydrogens is 240 g/mol. The molecule has 3 nitrogen and oxygen atoms in total. The van der Waals surface area contributed by atoms with E-state index in [0.717, 1.165) is 0 Å². The number of ether oxygens (including phenoxy) is 1. The largest absolute Gasteiger partial charge is 0.422 e. The molecule has 0 unspecified atom stereocenters. The van der Waals surface area contributed by atoms with Gasteiger partial charge in [-0.3, -0.25) is 4.79 Å². The van der Waals surface area contributed by atoms with Gasteiger partial charge in [0, 0.05) is 17.2 Å². The monoisotopic (exact) mass is 250 g/mol. The summed E-state index contributed by atoms with van der Waals surface area (Å²) < 4.78 is 5.30. The van der Waals surface area contributed by atoms with Crippen molar-refractivity contribution in [3.8, 4) is 0 Å². The highest BCUT2D eigenvalue weighted by atomic mass is 16.5. The minimum absolute atomic E-state index is 0.133. The number of fused-ring (bicyclic) bond motifs is 1. The van der Waals surface area contributed by atoms with E-state index in [-0.39, 0.29) is 5.78 Å². The van der Waals surface area contributed by atoms with E-state index in [1.807, 2.05) is 12.1 Å². The molecular formula is C16H10O3. The second-order valence-corrected chi connectivity index (χ2v) is 4.17. The first-order valence-corrected chi connectivity index (χ1v) is 5.88. The molecule has 0 heterocycles. The van der Waals surface area contributed by atoms with Crippen LogP contribution in [0.25, 0.3) is 5.76 Å². The van der Waals surface area contributed by atoms with Crippen LogP contribution < -0.4 is 0 Å². The number of ketones is 1. The van der Waals surface area contributed by atoms with Crippen LogP contribution in [0.1, 0.15) is 26.3 Å². The zero-order chi connectivity index (χ0) is 13.2. The molecule has 0 atom stereocenters. The molecule has 0 N–H and O–H groups in total. The van der Waals surface area contributed by atoms with Crippen molar-refractivity contribution < 1.29 is 14.3 Å². The molecule has 1 aliphatic carbocycles. The molecule has 0 saturated heterocycles. The summed E-state index contributed by atoms with van der Waals surface area (Å²) in [5, 5.41) is 0. The number of benzene rings is 2. The Morgan fingerprint density at radius 3 is 2.21 bits per heavy atom. The third-order valence-electron chi connectivity index (χ3n) is 2.93. The molecule has 0 aromatic heterocycles. The smallest absolute Gasteiger partial charge is 0.343 e. The summed E-state index contributed by atoms with van der Waals surface area (Å²) in [4.78, 5) is 23.7. The van der Waals surface area contributed by atoms with Crippen LogP contribution in [0.3, 0.4) is 0 Å². The van der Waals surface area contributed by atoms with Crippen molar-refractivity contribution in [2.45, 2.75) is 0 Å². The zero-order valence-electron chi connectivity index (χ0n) is 10.00. The van der Waals surface area contributed by atoms with Crippen LogP contribution in [-0.2, 0) is 4.74 Å². The number of carbonyl (C=O) groups excluding carboxylic acids is 2. The normalized spacial score (nSPS) is 12.8. The van der Waals surface area contributed by atoms with Crippen LogP contribution >= 0.6 is 0 Å². The van der Waals surface area contributed by atoms with Crippen LogP contribution in [0.5, 0.6) is 0 Å². The van der Waals surface area contributed by atoms with E-state index < -0.39 is 5.97 Å². The fraction of sp³-hybridized carbons (Fsp3) is 0. The van der Waals surface area contributed by atoms with E-state index in [4.69, 9.17) is 4.74 Å². The minimum Gasteiger partial charge on any atom is -0.422 e. The molecule has 3 rings (SSSR count). The molecule has 2 aromatic rings. The van der Waals surface area contributed by atoms with Crippen molar-refractivity contribution in [3.05, 3.63) is 77.4 Å². The number of carbonyl (C=O) groups is 2. The minimum atomic E-state index is -0.462. The maximum atomic E-state index is 11.9. The number of rotatable bonds is 2. The van der Waals surface area contributed by atoms with E-state index in [9.17, 15) is 9.59 Å². The Balaban J connectivity index is 1.88. The fourth-order valence-electron chi connectivity index (χ4n) is 2.00. The molecule has 19 heavy (non-hydrogen) atoms. The number of allylic oxidation sites excluding steroid dienone is 1. The molecule has 0 aliphatic heterocycles. The van der Waals surface area contributed by atoms with E-state index >= 15 is 0 Å². The van der Waals surface area contributed by atoms with Crippen molar-refractivity contribution in [2.75, 3.05) is 0 Å². The van der Waals surface area contributed by atoms with Gasteiger partial charge < -0.3 is 4.74 Å². The summed E-state index contributed by atoms with van der Waals surface area (Å²) in [6.07, 6.45) is 1.35. The van der Waals surface area contributed by atoms with Crippen molar-refractivity contribution in [1.29, 1.82) is 0 Å². The van der Waals surface area contributed by atoms with Gasteiger partial charge in [0.05, 0.1) is 5.56 Å². The summed E-state index contributed by atoms with van der Waals surface area (Å²) >= 11 is 0. The maximum Gasteiger partial charge on any atom is 0.343 e. The van der Waals surface area contributed by atoms with Crippen molar-refractivity contribution in [3.63, 3.8) is 0 Å². The lowest BCUT2D eigenvalue weighted by molar-refractivity contribution is 0.0692. The number of hydrogen-bond acceptors (Lipinski definition) is 3. The quantitative estimate of drug-likeness (QED) is 0.769. The SMILES string of the molecule is O=C(OC1=CC(=O)c2ccccc21)c1ccccc1. The highest BCUT2D eigenvalue weighted by molar-refractivity contribution is 6.16. The first-order valence-electron chi connectivity index (χ1n) is 5.88. The first kappa shape index (κ1) is 11.4. The summed E-state index contributed by atoms with van der Waals surface area (Å²) in [6.45, 7) is 0. The van der Waals surface area contributed by atoms with Gasteiger partial charge in [-0.15, -0.1) is 0 Å². The summed E-state index contributed by atoms with van der Waals surface area (Å²) in [5.74, 6) is -0.280. The average Bonchev–Trinajstić information content (AvgIpc) is 2.77. The Kier molecular flexibility index (Phi) is 2.72. The summed E-state index contributed by atoms with van der Waals surface area (Å²) in [5.41, 5.74) is 1.69. The topological polar surface area (TPSA) is 43.4 Å². The third-order valence-corrected chi connectivity index (χ3v) is 2.93. The lowest BCUT2D eigenvalue weighted by Crippen LogP contribution is -2.03. The Labute approximate surface area is 110 Å². The second kappa shape index (κ2) is 4.53. The number of hydrogen-bond donors (Lipinski definition) is 0. The third kappa shape index (κ3) is 2.06. The summed E-state index contributed by atoms with van der Waals surface area (Å²) in [6, 6.07) is 15.8. The predicted molar refractivity (Wildman–Crippen MR) is 70.6 cm³/mol. The summed E-state index contributed by atoms with van der Waals surface area (Å²) in [7, 11) is 0. The zero-order valence-corrected chi connectivity index (χ0v) is 10.00. The second-order valence-electron chi connectivity index (χ2n) is 4.17.